The van der Waals surface area contributed by atoms with Crippen molar-refractivity contribution in [2.45, 2.75) is 13.0 Å². The van der Waals surface area contributed by atoms with Crippen molar-refractivity contribution in [1.82, 2.24) is 0 Å². The zero-order chi connectivity index (χ0) is 11.7. The molecule has 0 unspecified atom stereocenters. The van der Waals surface area contributed by atoms with Crippen LogP contribution in [0.4, 0.5) is 0 Å². The lowest BCUT2D eigenvalue weighted by Gasteiger charge is -2.04. The second kappa shape index (κ2) is 4.06. The highest BCUT2D eigenvalue weighted by Gasteiger charge is 2.17. The molecule has 0 aromatic heterocycles. The molecule has 1 aliphatic rings. The Balaban J connectivity index is 2.02. The fourth-order valence-corrected chi connectivity index (χ4v) is 2.39. The molecule has 2 aromatic carbocycles. The fourth-order valence-electron chi connectivity index (χ4n) is 2.39. The van der Waals surface area contributed by atoms with Gasteiger partial charge in [-0.25, -0.2) is 0 Å². The molecule has 84 valence electrons. The van der Waals surface area contributed by atoms with E-state index in [1.54, 1.807) is 0 Å². The summed E-state index contributed by atoms with van der Waals surface area (Å²) in [6, 6.07) is 14.7. The van der Waals surface area contributed by atoms with Crippen molar-refractivity contribution in [3.8, 4) is 11.1 Å². The van der Waals surface area contributed by atoms with Crippen LogP contribution in [0.15, 0.2) is 42.5 Å². The van der Waals surface area contributed by atoms with Crippen LogP contribution in [-0.4, -0.2) is 6.47 Å². The van der Waals surface area contributed by atoms with Crippen molar-refractivity contribution in [2.24, 2.45) is 0 Å². The van der Waals surface area contributed by atoms with E-state index in [2.05, 4.69) is 36.4 Å². The molecule has 0 amide bonds. The van der Waals surface area contributed by atoms with Gasteiger partial charge in [0.1, 0.15) is 6.61 Å². The van der Waals surface area contributed by atoms with Crippen molar-refractivity contribution in [2.75, 3.05) is 0 Å². The molecule has 0 saturated heterocycles. The maximum atomic E-state index is 10.2. The molecule has 17 heavy (non-hydrogen) atoms. The van der Waals surface area contributed by atoms with E-state index in [4.69, 9.17) is 4.74 Å². The summed E-state index contributed by atoms with van der Waals surface area (Å²) in [5.74, 6) is 0. The summed E-state index contributed by atoms with van der Waals surface area (Å²) < 4.78 is 4.79. The molecule has 2 aromatic rings. The van der Waals surface area contributed by atoms with Crippen LogP contribution in [0.1, 0.15) is 16.7 Å². The average Bonchev–Trinajstić information content (AvgIpc) is 2.74. The summed E-state index contributed by atoms with van der Waals surface area (Å²) >= 11 is 0. The number of carbonyl (C=O) groups is 1. The number of hydrogen-bond donors (Lipinski definition) is 0. The molecule has 0 heterocycles. The predicted molar refractivity (Wildman–Crippen MR) is 65.5 cm³/mol. The van der Waals surface area contributed by atoms with E-state index in [0.717, 1.165) is 12.0 Å². The van der Waals surface area contributed by atoms with E-state index < -0.39 is 0 Å². The standard InChI is InChI=1S/C15H12O2/c16-10-17-9-11-5-6-13-8-12-3-1-2-4-14(12)15(13)7-11/h1-7,10H,8-9H2. The Bertz CT molecular complexity index is 573. The first-order chi connectivity index (χ1) is 8.38. The minimum absolute atomic E-state index is 0.346. The third kappa shape index (κ3) is 1.72. The van der Waals surface area contributed by atoms with Gasteiger partial charge in [0.05, 0.1) is 0 Å². The maximum Gasteiger partial charge on any atom is 0.293 e. The number of hydrogen-bond acceptors (Lipinski definition) is 2. The normalized spacial score (nSPS) is 11.8. The summed E-state index contributed by atoms with van der Waals surface area (Å²) in [7, 11) is 0. The number of benzene rings is 2. The molecule has 3 rings (SSSR count). The van der Waals surface area contributed by atoms with Crippen LogP contribution in [-0.2, 0) is 22.6 Å². The molecule has 0 atom stereocenters. The zero-order valence-corrected chi connectivity index (χ0v) is 9.35. The van der Waals surface area contributed by atoms with Crippen molar-refractivity contribution >= 4 is 6.47 Å². The van der Waals surface area contributed by atoms with Crippen LogP contribution in [0.3, 0.4) is 0 Å². The van der Waals surface area contributed by atoms with Crippen LogP contribution in [0.2, 0.25) is 0 Å². The molecule has 2 nitrogen and oxygen atoms in total. The van der Waals surface area contributed by atoms with Crippen LogP contribution in [0.25, 0.3) is 11.1 Å². The Kier molecular flexibility index (Phi) is 2.41. The van der Waals surface area contributed by atoms with Gasteiger partial charge < -0.3 is 4.74 Å². The van der Waals surface area contributed by atoms with Crippen LogP contribution >= 0.6 is 0 Å². The number of carbonyl (C=O) groups excluding carboxylic acids is 1. The van der Waals surface area contributed by atoms with Gasteiger partial charge in [-0.2, -0.15) is 0 Å². The van der Waals surface area contributed by atoms with Crippen LogP contribution < -0.4 is 0 Å². The molecule has 0 saturated carbocycles. The van der Waals surface area contributed by atoms with E-state index in [0.29, 0.717) is 13.1 Å². The summed E-state index contributed by atoms with van der Waals surface area (Å²) in [6.45, 7) is 0.833. The summed E-state index contributed by atoms with van der Waals surface area (Å²) in [5, 5.41) is 0. The van der Waals surface area contributed by atoms with E-state index in [-0.39, 0.29) is 0 Å². The van der Waals surface area contributed by atoms with E-state index in [9.17, 15) is 4.79 Å². The van der Waals surface area contributed by atoms with Crippen molar-refractivity contribution in [3.63, 3.8) is 0 Å². The Labute approximate surface area is 99.9 Å². The third-order valence-electron chi connectivity index (χ3n) is 3.18. The Morgan fingerprint density at radius 2 is 1.88 bits per heavy atom. The van der Waals surface area contributed by atoms with Gasteiger partial charge >= 0.3 is 0 Å². The lowest BCUT2D eigenvalue weighted by Crippen LogP contribution is -1.91. The van der Waals surface area contributed by atoms with Crippen LogP contribution in [0, 0.1) is 0 Å². The second-order valence-corrected chi connectivity index (χ2v) is 4.23. The minimum atomic E-state index is 0.346. The topological polar surface area (TPSA) is 26.3 Å². The van der Waals surface area contributed by atoms with Gasteiger partial charge in [-0.3, -0.25) is 4.79 Å². The van der Waals surface area contributed by atoms with Gasteiger partial charge in [0.15, 0.2) is 0 Å². The maximum absolute atomic E-state index is 10.2. The summed E-state index contributed by atoms with van der Waals surface area (Å²) in [6.07, 6.45) is 1.00. The molecule has 0 aliphatic heterocycles. The lowest BCUT2D eigenvalue weighted by molar-refractivity contribution is -0.129. The van der Waals surface area contributed by atoms with Crippen molar-refractivity contribution < 1.29 is 9.53 Å². The SMILES string of the molecule is O=COCc1ccc2c(c1)-c1ccccc1C2. The third-order valence-corrected chi connectivity index (χ3v) is 3.18. The molecule has 0 radical (unpaired) electrons. The zero-order valence-electron chi connectivity index (χ0n) is 9.35. The van der Waals surface area contributed by atoms with Gasteiger partial charge in [-0.15, -0.1) is 0 Å². The van der Waals surface area contributed by atoms with Gasteiger partial charge in [-0.05, 0) is 40.3 Å². The Morgan fingerprint density at radius 3 is 2.76 bits per heavy atom. The van der Waals surface area contributed by atoms with Crippen molar-refractivity contribution in [3.05, 3.63) is 59.2 Å². The second-order valence-electron chi connectivity index (χ2n) is 4.23. The van der Waals surface area contributed by atoms with Gasteiger partial charge in [0, 0.05) is 0 Å². The Hall–Kier alpha value is -2.09. The quantitative estimate of drug-likeness (QED) is 0.639. The van der Waals surface area contributed by atoms with Gasteiger partial charge in [0.25, 0.3) is 6.47 Å². The lowest BCUT2D eigenvalue weighted by atomic mass is 10.0. The van der Waals surface area contributed by atoms with Crippen molar-refractivity contribution in [1.29, 1.82) is 0 Å². The highest BCUT2D eigenvalue weighted by atomic mass is 16.5. The molecule has 0 spiro atoms. The largest absolute Gasteiger partial charge is 0.463 e. The van der Waals surface area contributed by atoms with E-state index in [1.165, 1.54) is 22.3 Å². The number of rotatable bonds is 3. The fraction of sp³-hybridized carbons (Fsp3) is 0.133. The Morgan fingerprint density at radius 1 is 1.06 bits per heavy atom. The number of ether oxygens (including phenoxy) is 1. The van der Waals surface area contributed by atoms with E-state index in [1.807, 2.05) is 6.07 Å². The monoisotopic (exact) mass is 224 g/mol. The van der Waals surface area contributed by atoms with Crippen LogP contribution in [0.5, 0.6) is 0 Å². The first-order valence-electron chi connectivity index (χ1n) is 5.64. The van der Waals surface area contributed by atoms with Gasteiger partial charge in [0.2, 0.25) is 0 Å². The predicted octanol–water partition coefficient (Wildman–Crippen LogP) is 2.93. The number of fused-ring (bicyclic) bond motifs is 3. The first-order valence-corrected chi connectivity index (χ1v) is 5.64. The van der Waals surface area contributed by atoms with Gasteiger partial charge in [-0.1, -0.05) is 36.4 Å². The molecular formula is C15H12O2. The highest BCUT2D eigenvalue weighted by Crippen LogP contribution is 2.36. The molecule has 0 bridgehead atoms. The van der Waals surface area contributed by atoms with E-state index >= 15 is 0 Å². The molecule has 1 aliphatic carbocycles. The first kappa shape index (κ1) is 10.1. The summed E-state index contributed by atoms with van der Waals surface area (Å²) in [4.78, 5) is 10.2. The minimum Gasteiger partial charge on any atom is -0.463 e. The average molecular weight is 224 g/mol. The molecule has 2 heteroatoms. The molecular weight excluding hydrogens is 212 g/mol. The smallest absolute Gasteiger partial charge is 0.293 e. The highest BCUT2D eigenvalue weighted by molar-refractivity contribution is 5.77. The molecule has 0 N–H and O–H groups in total. The summed E-state index contributed by atoms with van der Waals surface area (Å²) in [5.41, 5.74) is 6.33. The molecule has 0 fully saturated rings.